The standard InChI is InChI=1S/C24H23N5OS/c1-16-12-21-23(27-22(28-24(21)31-16)19-9-11-30-15-19)25-10-3-4-17-5-7-18(8-6-17)20-13-26-29(2)14-20/h5-9,11-15H,3-4,10H2,1-2H3,(H,25,27,28). The van der Waals surface area contributed by atoms with Gasteiger partial charge in [-0.3, -0.25) is 4.68 Å². The largest absolute Gasteiger partial charge is 0.472 e. The molecule has 0 radical (unpaired) electrons. The van der Waals surface area contributed by atoms with Crippen molar-refractivity contribution in [3.63, 3.8) is 0 Å². The maximum Gasteiger partial charge on any atom is 0.166 e. The summed E-state index contributed by atoms with van der Waals surface area (Å²) in [6.45, 7) is 2.94. The van der Waals surface area contributed by atoms with Crippen LogP contribution < -0.4 is 5.32 Å². The molecule has 1 N–H and O–H groups in total. The van der Waals surface area contributed by atoms with E-state index in [-0.39, 0.29) is 0 Å². The van der Waals surface area contributed by atoms with E-state index in [2.05, 4.69) is 47.7 Å². The van der Waals surface area contributed by atoms with Gasteiger partial charge in [0.25, 0.3) is 0 Å². The highest BCUT2D eigenvalue weighted by molar-refractivity contribution is 7.18. The summed E-state index contributed by atoms with van der Waals surface area (Å²) in [7, 11) is 1.94. The van der Waals surface area contributed by atoms with Gasteiger partial charge in [-0.15, -0.1) is 11.3 Å². The van der Waals surface area contributed by atoms with E-state index in [9.17, 15) is 0 Å². The van der Waals surface area contributed by atoms with Gasteiger partial charge in [0.1, 0.15) is 16.9 Å². The summed E-state index contributed by atoms with van der Waals surface area (Å²) in [5.74, 6) is 1.58. The average Bonchev–Trinajstić information content (AvgIpc) is 3.52. The van der Waals surface area contributed by atoms with Gasteiger partial charge in [0.15, 0.2) is 5.82 Å². The van der Waals surface area contributed by atoms with E-state index in [1.807, 2.05) is 30.2 Å². The van der Waals surface area contributed by atoms with Crippen LogP contribution in [0, 0.1) is 6.92 Å². The molecule has 31 heavy (non-hydrogen) atoms. The summed E-state index contributed by atoms with van der Waals surface area (Å²) in [5, 5.41) is 8.85. The molecule has 1 aromatic carbocycles. The fraction of sp³-hybridized carbons (Fsp3) is 0.208. The number of hydrogen-bond acceptors (Lipinski definition) is 6. The van der Waals surface area contributed by atoms with Crippen LogP contribution in [0.3, 0.4) is 0 Å². The van der Waals surface area contributed by atoms with E-state index in [1.54, 1.807) is 23.9 Å². The van der Waals surface area contributed by atoms with Crippen LogP contribution in [0.4, 0.5) is 5.82 Å². The van der Waals surface area contributed by atoms with Crippen LogP contribution in [-0.4, -0.2) is 26.3 Å². The smallest absolute Gasteiger partial charge is 0.166 e. The molecule has 0 aliphatic carbocycles. The van der Waals surface area contributed by atoms with Crippen LogP contribution in [0.2, 0.25) is 0 Å². The number of aryl methyl sites for hydroxylation is 3. The molecule has 6 nitrogen and oxygen atoms in total. The van der Waals surface area contributed by atoms with Crippen LogP contribution >= 0.6 is 11.3 Å². The SMILES string of the molecule is Cc1cc2c(NCCCc3ccc(-c4cnn(C)c4)cc3)nc(-c3ccoc3)nc2s1. The molecule has 0 saturated heterocycles. The second-order valence-corrected chi connectivity index (χ2v) is 8.85. The molecule has 4 heterocycles. The van der Waals surface area contributed by atoms with Gasteiger partial charge in [0, 0.05) is 30.2 Å². The first kappa shape index (κ1) is 19.5. The van der Waals surface area contributed by atoms with Crippen molar-refractivity contribution in [1.82, 2.24) is 19.7 Å². The molecule has 0 fully saturated rings. The number of anilines is 1. The normalized spacial score (nSPS) is 11.3. The number of fused-ring (bicyclic) bond motifs is 1. The Morgan fingerprint density at radius 1 is 1.06 bits per heavy atom. The molecule has 0 aliphatic rings. The fourth-order valence-electron chi connectivity index (χ4n) is 3.63. The van der Waals surface area contributed by atoms with Crippen molar-refractivity contribution in [2.75, 3.05) is 11.9 Å². The summed E-state index contributed by atoms with van der Waals surface area (Å²) >= 11 is 1.69. The van der Waals surface area contributed by atoms with Gasteiger partial charge < -0.3 is 9.73 Å². The van der Waals surface area contributed by atoms with Crippen molar-refractivity contribution in [2.24, 2.45) is 7.05 Å². The number of aromatic nitrogens is 4. The van der Waals surface area contributed by atoms with Crippen molar-refractivity contribution >= 4 is 27.4 Å². The Kier molecular flexibility index (Phi) is 5.26. The molecule has 0 spiro atoms. The molecule has 7 heteroatoms. The zero-order valence-corrected chi connectivity index (χ0v) is 18.3. The van der Waals surface area contributed by atoms with E-state index in [4.69, 9.17) is 14.4 Å². The third kappa shape index (κ3) is 4.22. The van der Waals surface area contributed by atoms with Gasteiger partial charge in [-0.1, -0.05) is 24.3 Å². The first-order valence-corrected chi connectivity index (χ1v) is 11.1. The van der Waals surface area contributed by atoms with Crippen LogP contribution in [-0.2, 0) is 13.5 Å². The van der Waals surface area contributed by atoms with E-state index in [0.717, 1.165) is 46.5 Å². The van der Waals surface area contributed by atoms with Gasteiger partial charge in [0.05, 0.1) is 23.4 Å². The predicted octanol–water partition coefficient (Wildman–Crippen LogP) is 5.70. The number of benzene rings is 1. The molecule has 0 amide bonds. The summed E-state index contributed by atoms with van der Waals surface area (Å²) < 4.78 is 7.04. The number of furan rings is 1. The lowest BCUT2D eigenvalue weighted by molar-refractivity contribution is 0.568. The highest BCUT2D eigenvalue weighted by Crippen LogP contribution is 2.31. The monoisotopic (exact) mass is 429 g/mol. The summed E-state index contributed by atoms with van der Waals surface area (Å²) in [6, 6.07) is 12.8. The Morgan fingerprint density at radius 3 is 2.68 bits per heavy atom. The van der Waals surface area contributed by atoms with E-state index < -0.39 is 0 Å². The second-order valence-electron chi connectivity index (χ2n) is 7.61. The molecule has 0 bridgehead atoms. The van der Waals surface area contributed by atoms with Crippen LogP contribution in [0.25, 0.3) is 32.7 Å². The highest BCUT2D eigenvalue weighted by atomic mass is 32.1. The molecule has 0 saturated carbocycles. The first-order valence-electron chi connectivity index (χ1n) is 10.3. The van der Waals surface area contributed by atoms with Gasteiger partial charge in [-0.25, -0.2) is 9.97 Å². The van der Waals surface area contributed by atoms with Crippen molar-refractivity contribution < 1.29 is 4.42 Å². The minimum Gasteiger partial charge on any atom is -0.472 e. The summed E-state index contributed by atoms with van der Waals surface area (Å²) in [5.41, 5.74) is 4.55. The Morgan fingerprint density at radius 2 is 1.94 bits per heavy atom. The number of rotatable bonds is 7. The molecular weight excluding hydrogens is 406 g/mol. The van der Waals surface area contributed by atoms with Crippen LogP contribution in [0.15, 0.2) is 65.7 Å². The maximum absolute atomic E-state index is 5.21. The van der Waals surface area contributed by atoms with Crippen molar-refractivity contribution in [2.45, 2.75) is 19.8 Å². The van der Waals surface area contributed by atoms with Crippen LogP contribution in [0.1, 0.15) is 16.9 Å². The lowest BCUT2D eigenvalue weighted by Gasteiger charge is -2.09. The first-order chi connectivity index (χ1) is 15.2. The number of nitrogens with zero attached hydrogens (tertiary/aromatic N) is 4. The molecule has 0 aliphatic heterocycles. The lowest BCUT2D eigenvalue weighted by Crippen LogP contribution is -2.06. The van der Waals surface area contributed by atoms with Crippen LogP contribution in [0.5, 0.6) is 0 Å². The number of thiophene rings is 1. The quantitative estimate of drug-likeness (QED) is 0.336. The molecule has 0 unspecified atom stereocenters. The molecule has 5 aromatic rings. The maximum atomic E-state index is 5.21. The van der Waals surface area contributed by atoms with E-state index in [0.29, 0.717) is 5.82 Å². The predicted molar refractivity (Wildman–Crippen MR) is 125 cm³/mol. The van der Waals surface area contributed by atoms with Crippen molar-refractivity contribution in [1.29, 1.82) is 0 Å². The zero-order valence-electron chi connectivity index (χ0n) is 17.5. The minimum atomic E-state index is 0.691. The third-order valence-electron chi connectivity index (χ3n) is 5.22. The van der Waals surface area contributed by atoms with Crippen molar-refractivity contribution in [3.05, 3.63) is 71.8 Å². The van der Waals surface area contributed by atoms with Gasteiger partial charge in [-0.05, 0) is 43.0 Å². The zero-order chi connectivity index (χ0) is 21.2. The molecule has 156 valence electrons. The third-order valence-corrected chi connectivity index (χ3v) is 6.17. The van der Waals surface area contributed by atoms with E-state index >= 15 is 0 Å². The Hall–Kier alpha value is -3.45. The Labute approximate surface area is 184 Å². The van der Waals surface area contributed by atoms with Crippen molar-refractivity contribution in [3.8, 4) is 22.5 Å². The number of hydrogen-bond donors (Lipinski definition) is 1. The molecule has 4 aromatic heterocycles. The average molecular weight is 430 g/mol. The topological polar surface area (TPSA) is 68.8 Å². The number of nitrogens with one attached hydrogen (secondary N) is 1. The fourth-order valence-corrected chi connectivity index (χ4v) is 4.51. The molecular formula is C24H23N5OS. The lowest BCUT2D eigenvalue weighted by atomic mass is 10.0. The van der Waals surface area contributed by atoms with E-state index in [1.165, 1.54) is 16.0 Å². The van der Waals surface area contributed by atoms with Gasteiger partial charge >= 0.3 is 0 Å². The molecule has 5 rings (SSSR count). The Balaban J connectivity index is 1.25. The summed E-state index contributed by atoms with van der Waals surface area (Å²) in [6.07, 6.45) is 9.28. The second kappa shape index (κ2) is 8.35. The molecule has 0 atom stereocenters. The summed E-state index contributed by atoms with van der Waals surface area (Å²) in [4.78, 5) is 11.7. The minimum absolute atomic E-state index is 0.691. The Bertz CT molecular complexity index is 1300. The van der Waals surface area contributed by atoms with Gasteiger partial charge in [0.2, 0.25) is 0 Å². The highest BCUT2D eigenvalue weighted by Gasteiger charge is 2.12. The van der Waals surface area contributed by atoms with Gasteiger partial charge in [-0.2, -0.15) is 5.10 Å².